The van der Waals surface area contributed by atoms with Crippen molar-refractivity contribution in [2.45, 2.75) is 96.4 Å². The fraction of sp³-hybridized carbons (Fsp3) is 0.640. The summed E-state index contributed by atoms with van der Waals surface area (Å²) in [5.41, 5.74) is -0.225. The van der Waals surface area contributed by atoms with Gasteiger partial charge >= 0.3 is 17.9 Å². The van der Waals surface area contributed by atoms with Gasteiger partial charge in [-0.15, -0.1) is 0 Å². The van der Waals surface area contributed by atoms with E-state index in [1.54, 1.807) is 0 Å². The van der Waals surface area contributed by atoms with E-state index in [4.69, 9.17) is 14.9 Å². The second-order valence-electron chi connectivity index (χ2n) is 8.47. The number of carbonyl (C=O) groups is 4. The van der Waals surface area contributed by atoms with Crippen molar-refractivity contribution < 1.29 is 34.1 Å². The molecule has 0 aromatic carbocycles. The lowest BCUT2D eigenvalue weighted by atomic mass is 10.0. The zero-order chi connectivity index (χ0) is 25.3. The number of aromatic carboxylic acids is 2. The summed E-state index contributed by atoms with van der Waals surface area (Å²) >= 11 is 0. The van der Waals surface area contributed by atoms with Crippen molar-refractivity contribution in [1.29, 1.82) is 0 Å². The monoisotopic (exact) mass is 478 g/mol. The minimum absolute atomic E-state index is 0.205. The lowest BCUT2D eigenvalue weighted by Crippen LogP contribution is -2.41. The molecule has 3 N–H and O–H groups in total. The standard InChI is InChI=1S/C25H38N2O7/c1-3-4-5-6-7-8-9-10-11-15-22(28)27-19(25(33)34-2)14-12-13-18-16-20(23(29)30)26-21(17-18)24(31)32/h16-17,19H,3-15H2,1-2H3,(H,27,28)(H,29,30)(H,31,32)/t19-/m0/s1. The Morgan fingerprint density at radius 2 is 1.41 bits per heavy atom. The van der Waals surface area contributed by atoms with Gasteiger partial charge in [-0.1, -0.05) is 58.3 Å². The highest BCUT2D eigenvalue weighted by atomic mass is 16.5. The van der Waals surface area contributed by atoms with E-state index in [-0.39, 0.29) is 23.7 Å². The summed E-state index contributed by atoms with van der Waals surface area (Å²) in [4.78, 5) is 50.4. The fourth-order valence-electron chi connectivity index (χ4n) is 3.71. The third-order valence-corrected chi connectivity index (χ3v) is 5.61. The molecule has 1 aromatic rings. The Kier molecular flexibility index (Phi) is 14.2. The average molecular weight is 479 g/mol. The highest BCUT2D eigenvalue weighted by molar-refractivity contribution is 5.90. The number of aryl methyl sites for hydroxylation is 1. The number of nitrogens with one attached hydrogen (secondary N) is 1. The van der Waals surface area contributed by atoms with Gasteiger partial charge in [0.05, 0.1) is 7.11 Å². The number of esters is 1. The van der Waals surface area contributed by atoms with E-state index in [0.29, 0.717) is 24.8 Å². The largest absolute Gasteiger partial charge is 0.477 e. The molecule has 0 spiro atoms. The van der Waals surface area contributed by atoms with Crippen LogP contribution >= 0.6 is 0 Å². The lowest BCUT2D eigenvalue weighted by Gasteiger charge is -2.16. The lowest BCUT2D eigenvalue weighted by molar-refractivity contribution is -0.145. The Morgan fingerprint density at radius 3 is 1.91 bits per heavy atom. The predicted octanol–water partition coefficient (Wildman–Crippen LogP) is 4.38. The molecular weight excluding hydrogens is 440 g/mol. The van der Waals surface area contributed by atoms with Gasteiger partial charge in [-0.3, -0.25) is 4.79 Å². The fourth-order valence-corrected chi connectivity index (χ4v) is 3.71. The van der Waals surface area contributed by atoms with Gasteiger partial charge in [-0.05, 0) is 43.4 Å². The molecule has 0 aliphatic rings. The molecule has 0 radical (unpaired) electrons. The molecule has 1 heterocycles. The van der Waals surface area contributed by atoms with Gasteiger partial charge in [-0.2, -0.15) is 0 Å². The van der Waals surface area contributed by atoms with Gasteiger partial charge in [-0.25, -0.2) is 19.4 Å². The summed E-state index contributed by atoms with van der Waals surface area (Å²) in [6.07, 6.45) is 11.7. The highest BCUT2D eigenvalue weighted by Crippen LogP contribution is 2.13. The van der Waals surface area contributed by atoms with E-state index < -0.39 is 23.9 Å². The first-order valence-electron chi connectivity index (χ1n) is 12.1. The highest BCUT2D eigenvalue weighted by Gasteiger charge is 2.21. The van der Waals surface area contributed by atoms with Gasteiger partial charge < -0.3 is 20.3 Å². The van der Waals surface area contributed by atoms with Crippen molar-refractivity contribution in [2.24, 2.45) is 0 Å². The number of carbonyl (C=O) groups excluding carboxylic acids is 2. The maximum absolute atomic E-state index is 12.3. The minimum Gasteiger partial charge on any atom is -0.477 e. The quantitative estimate of drug-likeness (QED) is 0.208. The maximum Gasteiger partial charge on any atom is 0.354 e. The molecule has 9 nitrogen and oxygen atoms in total. The van der Waals surface area contributed by atoms with Crippen molar-refractivity contribution in [3.05, 3.63) is 29.1 Å². The zero-order valence-corrected chi connectivity index (χ0v) is 20.3. The van der Waals surface area contributed by atoms with Crippen LogP contribution in [0.15, 0.2) is 12.1 Å². The topological polar surface area (TPSA) is 143 Å². The number of pyridine rings is 1. The molecule has 1 amide bonds. The van der Waals surface area contributed by atoms with Gasteiger partial charge in [0.2, 0.25) is 5.91 Å². The first-order valence-corrected chi connectivity index (χ1v) is 12.1. The average Bonchev–Trinajstić information content (AvgIpc) is 2.81. The number of unbranched alkanes of at least 4 members (excludes halogenated alkanes) is 8. The maximum atomic E-state index is 12.3. The summed E-state index contributed by atoms with van der Waals surface area (Å²) in [7, 11) is 1.25. The van der Waals surface area contributed by atoms with Gasteiger partial charge in [0.15, 0.2) is 0 Å². The molecule has 0 aliphatic heterocycles. The number of carboxylic acid groups (broad SMARTS) is 2. The van der Waals surface area contributed by atoms with Gasteiger partial charge in [0.1, 0.15) is 17.4 Å². The van der Waals surface area contributed by atoms with Crippen molar-refractivity contribution >= 4 is 23.8 Å². The zero-order valence-electron chi connectivity index (χ0n) is 20.3. The summed E-state index contributed by atoms with van der Waals surface area (Å²) in [5, 5.41) is 21.0. The van der Waals surface area contributed by atoms with Crippen LogP contribution in [0.4, 0.5) is 0 Å². The van der Waals surface area contributed by atoms with Crippen LogP contribution in [0, 0.1) is 0 Å². The van der Waals surface area contributed by atoms with E-state index in [2.05, 4.69) is 17.2 Å². The Morgan fingerprint density at radius 1 is 0.882 bits per heavy atom. The summed E-state index contributed by atoms with van der Waals surface area (Å²) in [6.45, 7) is 2.20. The van der Waals surface area contributed by atoms with Crippen molar-refractivity contribution in [3.8, 4) is 0 Å². The smallest absolute Gasteiger partial charge is 0.354 e. The molecule has 0 bridgehead atoms. The number of amides is 1. The van der Waals surface area contributed by atoms with Crippen LogP contribution in [0.5, 0.6) is 0 Å². The summed E-state index contributed by atoms with van der Waals surface area (Å²) in [6, 6.07) is 1.81. The Labute approximate surface area is 201 Å². The number of hydrogen-bond donors (Lipinski definition) is 3. The molecule has 0 fully saturated rings. The SMILES string of the molecule is CCCCCCCCCCCC(=O)N[C@@H](CCCc1cc(C(=O)O)nc(C(=O)O)c1)C(=O)OC. The molecule has 1 rings (SSSR count). The van der Waals surface area contributed by atoms with Crippen LogP contribution in [0.2, 0.25) is 0 Å². The van der Waals surface area contributed by atoms with Crippen LogP contribution in [0.3, 0.4) is 0 Å². The molecule has 34 heavy (non-hydrogen) atoms. The van der Waals surface area contributed by atoms with Crippen LogP contribution in [-0.4, -0.2) is 52.2 Å². The molecule has 0 saturated carbocycles. The molecule has 0 unspecified atom stereocenters. The summed E-state index contributed by atoms with van der Waals surface area (Å²) in [5.74, 6) is -3.39. The number of methoxy groups -OCH3 is 1. The Balaban J connectivity index is 2.46. The van der Waals surface area contributed by atoms with E-state index >= 15 is 0 Å². The predicted molar refractivity (Wildman–Crippen MR) is 127 cm³/mol. The molecule has 0 aliphatic carbocycles. The molecule has 0 saturated heterocycles. The second-order valence-corrected chi connectivity index (χ2v) is 8.47. The number of nitrogens with zero attached hydrogens (tertiary/aromatic N) is 1. The number of hydrogen-bond acceptors (Lipinski definition) is 6. The normalized spacial score (nSPS) is 11.6. The number of ether oxygens (including phenoxy) is 1. The molecule has 1 atom stereocenters. The van der Waals surface area contributed by atoms with E-state index in [1.807, 2.05) is 0 Å². The first-order chi connectivity index (χ1) is 16.3. The summed E-state index contributed by atoms with van der Waals surface area (Å²) < 4.78 is 4.80. The van der Waals surface area contributed by atoms with Crippen molar-refractivity contribution in [3.63, 3.8) is 0 Å². The third-order valence-electron chi connectivity index (χ3n) is 5.61. The molecular formula is C25H38N2O7. The van der Waals surface area contributed by atoms with Gasteiger partial charge in [0.25, 0.3) is 0 Å². The van der Waals surface area contributed by atoms with Crippen LogP contribution in [0.1, 0.15) is 111 Å². The van der Waals surface area contributed by atoms with E-state index in [0.717, 1.165) is 19.3 Å². The van der Waals surface area contributed by atoms with E-state index in [1.165, 1.54) is 57.8 Å². The third kappa shape index (κ3) is 11.8. The molecule has 1 aromatic heterocycles. The molecule has 190 valence electrons. The van der Waals surface area contributed by atoms with Gasteiger partial charge in [0, 0.05) is 6.42 Å². The number of aromatic nitrogens is 1. The Hall–Kier alpha value is -2.97. The Bertz CT molecular complexity index is 778. The second kappa shape index (κ2) is 16.6. The molecule has 9 heteroatoms. The number of carboxylic acids is 2. The first kappa shape index (κ1) is 29.1. The van der Waals surface area contributed by atoms with E-state index in [9.17, 15) is 19.2 Å². The van der Waals surface area contributed by atoms with Crippen LogP contribution < -0.4 is 5.32 Å². The van der Waals surface area contributed by atoms with Crippen molar-refractivity contribution in [1.82, 2.24) is 10.3 Å². The van der Waals surface area contributed by atoms with Crippen LogP contribution in [-0.2, 0) is 20.7 Å². The van der Waals surface area contributed by atoms with Crippen LogP contribution in [0.25, 0.3) is 0 Å². The number of rotatable bonds is 18. The minimum atomic E-state index is -1.32. The van der Waals surface area contributed by atoms with Crippen molar-refractivity contribution in [2.75, 3.05) is 7.11 Å².